The number of benzene rings is 1. The Morgan fingerprint density at radius 1 is 0.964 bits per heavy atom. The maximum atomic E-state index is 12.6. The summed E-state index contributed by atoms with van der Waals surface area (Å²) in [5.41, 5.74) is 1.32. The highest BCUT2D eigenvalue weighted by Crippen LogP contribution is 2.37. The molecule has 28 heavy (non-hydrogen) atoms. The molecule has 2 saturated heterocycles. The molecule has 0 unspecified atom stereocenters. The Morgan fingerprint density at radius 2 is 1.57 bits per heavy atom. The van der Waals surface area contributed by atoms with Gasteiger partial charge in [-0.15, -0.1) is 0 Å². The molecule has 0 radical (unpaired) electrons. The van der Waals surface area contributed by atoms with Gasteiger partial charge in [-0.25, -0.2) is 0 Å². The van der Waals surface area contributed by atoms with Crippen LogP contribution in [0.5, 0.6) is 0 Å². The number of rotatable bonds is 5. The molecule has 1 aromatic rings. The monoisotopic (exact) mass is 384 g/mol. The van der Waals surface area contributed by atoms with E-state index >= 15 is 0 Å². The fourth-order valence-electron chi connectivity index (χ4n) is 4.95. The van der Waals surface area contributed by atoms with Crippen molar-refractivity contribution in [2.45, 2.75) is 38.6 Å². The molecule has 6 nitrogen and oxygen atoms in total. The molecule has 3 aliphatic rings. The molecular weight excluding hydrogens is 354 g/mol. The van der Waals surface area contributed by atoms with E-state index < -0.39 is 0 Å². The van der Waals surface area contributed by atoms with Gasteiger partial charge in [-0.1, -0.05) is 43.2 Å². The molecule has 1 N–H and O–H groups in total. The quantitative estimate of drug-likeness (QED) is 0.751. The van der Waals surface area contributed by atoms with Crippen LogP contribution in [0.1, 0.15) is 37.7 Å². The van der Waals surface area contributed by atoms with Gasteiger partial charge < -0.3 is 9.80 Å². The average molecular weight is 385 g/mol. The third-order valence-electron chi connectivity index (χ3n) is 6.60. The molecule has 150 valence electrons. The summed E-state index contributed by atoms with van der Waals surface area (Å²) in [7, 11) is 0. The minimum atomic E-state index is -0.124. The zero-order chi connectivity index (χ0) is 19.5. The van der Waals surface area contributed by atoms with Crippen LogP contribution in [0, 0.1) is 11.8 Å². The lowest BCUT2D eigenvalue weighted by Crippen LogP contribution is -3.13. The number of nitrogens with zero attached hydrogens (tertiary/aromatic N) is 2. The number of carbonyl (C=O) groups is 3. The second-order valence-electron chi connectivity index (χ2n) is 8.37. The Morgan fingerprint density at radius 3 is 2.18 bits per heavy atom. The van der Waals surface area contributed by atoms with Gasteiger partial charge in [0.25, 0.3) is 0 Å². The molecule has 2 atom stereocenters. The van der Waals surface area contributed by atoms with Crippen LogP contribution in [0.15, 0.2) is 30.3 Å². The van der Waals surface area contributed by atoms with E-state index in [4.69, 9.17) is 0 Å². The van der Waals surface area contributed by atoms with E-state index in [2.05, 4.69) is 24.3 Å². The van der Waals surface area contributed by atoms with Crippen LogP contribution in [0.25, 0.3) is 0 Å². The largest absolute Gasteiger partial charge is 0.331 e. The molecule has 1 aromatic carbocycles. The Labute approximate surface area is 166 Å². The average Bonchev–Trinajstić information content (AvgIpc) is 2.98. The summed E-state index contributed by atoms with van der Waals surface area (Å²) in [6, 6.07) is 10.4. The number of nitrogens with one attached hydrogen (secondary N) is 1. The van der Waals surface area contributed by atoms with E-state index in [9.17, 15) is 14.4 Å². The highest BCUT2D eigenvalue weighted by molar-refractivity contribution is 6.05. The number of imide groups is 1. The third-order valence-corrected chi connectivity index (χ3v) is 6.60. The van der Waals surface area contributed by atoms with Crippen molar-refractivity contribution in [2.75, 3.05) is 32.7 Å². The fraction of sp³-hybridized carbons (Fsp3) is 0.591. The van der Waals surface area contributed by atoms with E-state index in [0.29, 0.717) is 0 Å². The lowest BCUT2D eigenvalue weighted by Gasteiger charge is -2.32. The van der Waals surface area contributed by atoms with E-state index in [1.807, 2.05) is 11.0 Å². The molecule has 0 bridgehead atoms. The van der Waals surface area contributed by atoms with Crippen LogP contribution >= 0.6 is 0 Å². The minimum Gasteiger partial charge on any atom is -0.331 e. The highest BCUT2D eigenvalue weighted by Gasteiger charge is 2.47. The van der Waals surface area contributed by atoms with Crippen LogP contribution in [-0.4, -0.2) is 60.2 Å². The predicted octanol–water partition coefficient (Wildman–Crippen LogP) is 0.479. The SMILES string of the molecule is O=C(CCN1C(=O)[C@H]2CCCC[C@@H]2C1=O)N1CC[NH+](Cc2ccccc2)CC1. The number of amides is 3. The fourth-order valence-corrected chi connectivity index (χ4v) is 4.95. The maximum absolute atomic E-state index is 12.6. The molecule has 0 spiro atoms. The second-order valence-corrected chi connectivity index (χ2v) is 8.37. The molecule has 6 heteroatoms. The number of hydrogen-bond acceptors (Lipinski definition) is 3. The summed E-state index contributed by atoms with van der Waals surface area (Å²) in [5.74, 6) is -0.267. The molecule has 4 rings (SSSR count). The van der Waals surface area contributed by atoms with Gasteiger partial charge in [-0.05, 0) is 12.8 Å². The van der Waals surface area contributed by atoms with Gasteiger partial charge in [0, 0.05) is 18.5 Å². The second kappa shape index (κ2) is 8.43. The summed E-state index contributed by atoms with van der Waals surface area (Å²) < 4.78 is 0. The van der Waals surface area contributed by atoms with E-state index in [1.165, 1.54) is 15.4 Å². The molecular formula is C22H30N3O3+. The van der Waals surface area contributed by atoms with Crippen molar-refractivity contribution in [3.8, 4) is 0 Å². The first kappa shape index (κ1) is 19.1. The van der Waals surface area contributed by atoms with Crippen molar-refractivity contribution in [3.63, 3.8) is 0 Å². The summed E-state index contributed by atoms with van der Waals surface area (Å²) in [5, 5.41) is 0. The number of likely N-dealkylation sites (tertiary alicyclic amines) is 1. The van der Waals surface area contributed by atoms with Gasteiger partial charge in [0.05, 0.1) is 38.0 Å². The van der Waals surface area contributed by atoms with Crippen molar-refractivity contribution in [3.05, 3.63) is 35.9 Å². The van der Waals surface area contributed by atoms with Gasteiger partial charge in [-0.2, -0.15) is 0 Å². The maximum Gasteiger partial charge on any atom is 0.233 e. The van der Waals surface area contributed by atoms with Crippen LogP contribution < -0.4 is 4.90 Å². The zero-order valence-electron chi connectivity index (χ0n) is 16.4. The first-order valence-electron chi connectivity index (χ1n) is 10.6. The van der Waals surface area contributed by atoms with E-state index in [0.717, 1.165) is 58.4 Å². The third kappa shape index (κ3) is 3.97. The Hall–Kier alpha value is -2.21. The molecule has 1 saturated carbocycles. The Kier molecular flexibility index (Phi) is 5.76. The normalized spacial score (nSPS) is 25.9. The van der Waals surface area contributed by atoms with Crippen LogP contribution in [0.4, 0.5) is 0 Å². The number of piperazine rings is 1. The Bertz CT molecular complexity index is 704. The van der Waals surface area contributed by atoms with Crippen LogP contribution in [-0.2, 0) is 20.9 Å². The van der Waals surface area contributed by atoms with Crippen molar-refractivity contribution < 1.29 is 19.3 Å². The highest BCUT2D eigenvalue weighted by atomic mass is 16.2. The van der Waals surface area contributed by atoms with Gasteiger partial charge in [-0.3, -0.25) is 19.3 Å². The molecule has 3 fully saturated rings. The summed E-state index contributed by atoms with van der Waals surface area (Å²) in [6.45, 7) is 4.60. The number of quaternary nitrogens is 1. The van der Waals surface area contributed by atoms with Crippen molar-refractivity contribution in [1.29, 1.82) is 0 Å². The summed E-state index contributed by atoms with van der Waals surface area (Å²) in [4.78, 5) is 42.4. The molecule has 2 heterocycles. The van der Waals surface area contributed by atoms with Gasteiger partial charge >= 0.3 is 0 Å². The number of hydrogen-bond donors (Lipinski definition) is 1. The van der Waals surface area contributed by atoms with Crippen LogP contribution in [0.3, 0.4) is 0 Å². The van der Waals surface area contributed by atoms with Crippen molar-refractivity contribution in [1.82, 2.24) is 9.80 Å². The zero-order valence-corrected chi connectivity index (χ0v) is 16.4. The van der Waals surface area contributed by atoms with Crippen molar-refractivity contribution in [2.24, 2.45) is 11.8 Å². The summed E-state index contributed by atoms with van der Waals surface area (Å²) >= 11 is 0. The first-order valence-corrected chi connectivity index (χ1v) is 10.6. The smallest absolute Gasteiger partial charge is 0.233 e. The predicted molar refractivity (Wildman–Crippen MR) is 104 cm³/mol. The van der Waals surface area contributed by atoms with Crippen molar-refractivity contribution >= 4 is 17.7 Å². The lowest BCUT2D eigenvalue weighted by molar-refractivity contribution is -0.917. The molecule has 3 amide bonds. The standard InChI is InChI=1S/C22H29N3O3/c26-20(10-11-25-21(27)18-8-4-5-9-19(18)22(25)28)24-14-12-23(13-15-24)16-17-6-2-1-3-7-17/h1-3,6-7,18-19H,4-5,8-16H2/p+1/t18-,19-/m0/s1. The molecule has 2 aliphatic heterocycles. The number of carbonyl (C=O) groups excluding carboxylic acids is 3. The first-order chi connectivity index (χ1) is 13.6. The number of fused-ring (bicyclic) bond motifs is 1. The van der Waals surface area contributed by atoms with E-state index in [1.54, 1.807) is 0 Å². The minimum absolute atomic E-state index is 0.0420. The lowest BCUT2D eigenvalue weighted by atomic mass is 9.81. The van der Waals surface area contributed by atoms with E-state index in [-0.39, 0.29) is 42.5 Å². The molecule has 0 aromatic heterocycles. The van der Waals surface area contributed by atoms with Gasteiger partial charge in [0.2, 0.25) is 17.7 Å². The topological polar surface area (TPSA) is 62.1 Å². The molecule has 1 aliphatic carbocycles. The Balaban J connectivity index is 1.24. The van der Waals surface area contributed by atoms with Gasteiger partial charge in [0.1, 0.15) is 6.54 Å². The summed E-state index contributed by atoms with van der Waals surface area (Å²) in [6.07, 6.45) is 3.97. The van der Waals surface area contributed by atoms with Gasteiger partial charge in [0.15, 0.2) is 0 Å². The van der Waals surface area contributed by atoms with Crippen LogP contribution in [0.2, 0.25) is 0 Å².